The molecule has 6 heteroatoms. The molecule has 0 atom stereocenters. The van der Waals surface area contributed by atoms with E-state index >= 15 is 0 Å². The van der Waals surface area contributed by atoms with E-state index in [2.05, 4.69) is 10.6 Å². The van der Waals surface area contributed by atoms with Gasteiger partial charge in [0.05, 0.1) is 20.8 Å². The highest BCUT2D eigenvalue weighted by Crippen LogP contribution is 2.32. The Hall–Kier alpha value is -0.640. The van der Waals surface area contributed by atoms with Crippen molar-refractivity contribution in [2.24, 2.45) is 5.92 Å². The van der Waals surface area contributed by atoms with E-state index in [0.717, 1.165) is 0 Å². The minimum Gasteiger partial charge on any atom is -0.338 e. The van der Waals surface area contributed by atoms with Gasteiger partial charge in [-0.2, -0.15) is 0 Å². The highest BCUT2D eigenvalue weighted by atomic mass is 35.5. The molecule has 2 rings (SSSR count). The van der Waals surface area contributed by atoms with Crippen LogP contribution in [0.15, 0.2) is 12.1 Å². The third-order valence-corrected chi connectivity index (χ3v) is 3.54. The third-order valence-electron chi connectivity index (χ3n) is 2.51. The molecule has 2 amide bonds. The molecule has 0 saturated heterocycles. The second-order valence-electron chi connectivity index (χ2n) is 4.02. The molecule has 92 valence electrons. The second-order valence-corrected chi connectivity index (χ2v) is 5.25. The standard InChI is InChI=1S/C11H11Cl3N2O/c12-7-3-9(14)10(4-8(7)13)16-11(17)15-5-6-1-2-6/h3-4,6H,1-2,5H2,(H2,15,16,17). The number of carbonyl (C=O) groups excluding carboxylic acids is 1. The number of amides is 2. The van der Waals surface area contributed by atoms with E-state index < -0.39 is 0 Å². The van der Waals surface area contributed by atoms with E-state index in [4.69, 9.17) is 34.8 Å². The summed E-state index contributed by atoms with van der Waals surface area (Å²) < 4.78 is 0. The first-order valence-electron chi connectivity index (χ1n) is 5.25. The maximum atomic E-state index is 11.5. The van der Waals surface area contributed by atoms with Crippen molar-refractivity contribution >= 4 is 46.5 Å². The second kappa shape index (κ2) is 5.34. The van der Waals surface area contributed by atoms with Crippen LogP contribution in [-0.4, -0.2) is 12.6 Å². The van der Waals surface area contributed by atoms with Gasteiger partial charge in [0.2, 0.25) is 0 Å². The average molecular weight is 294 g/mol. The molecule has 17 heavy (non-hydrogen) atoms. The largest absolute Gasteiger partial charge is 0.338 e. The summed E-state index contributed by atoms with van der Waals surface area (Å²) in [5.41, 5.74) is 0.453. The van der Waals surface area contributed by atoms with Crippen LogP contribution in [0.25, 0.3) is 0 Å². The summed E-state index contributed by atoms with van der Waals surface area (Å²) in [5.74, 6) is 0.630. The van der Waals surface area contributed by atoms with Crippen LogP contribution in [0.2, 0.25) is 15.1 Å². The number of urea groups is 1. The van der Waals surface area contributed by atoms with Gasteiger partial charge in [-0.15, -0.1) is 0 Å². The number of benzene rings is 1. The summed E-state index contributed by atoms with van der Waals surface area (Å²) in [6.45, 7) is 0.699. The lowest BCUT2D eigenvalue weighted by molar-refractivity contribution is 0.251. The highest BCUT2D eigenvalue weighted by Gasteiger charge is 2.21. The van der Waals surface area contributed by atoms with Gasteiger partial charge in [-0.25, -0.2) is 4.79 Å². The molecule has 2 N–H and O–H groups in total. The smallest absolute Gasteiger partial charge is 0.319 e. The normalized spacial score (nSPS) is 14.5. The molecule has 1 aromatic rings. The molecule has 0 radical (unpaired) electrons. The maximum absolute atomic E-state index is 11.5. The van der Waals surface area contributed by atoms with E-state index in [-0.39, 0.29) is 6.03 Å². The van der Waals surface area contributed by atoms with Crippen LogP contribution in [-0.2, 0) is 0 Å². The van der Waals surface area contributed by atoms with E-state index in [0.29, 0.717) is 33.2 Å². The van der Waals surface area contributed by atoms with Crippen LogP contribution in [0.3, 0.4) is 0 Å². The fourth-order valence-corrected chi connectivity index (χ4v) is 1.94. The van der Waals surface area contributed by atoms with Crippen LogP contribution >= 0.6 is 34.8 Å². The Morgan fingerprint density at radius 3 is 2.47 bits per heavy atom. The number of hydrogen-bond donors (Lipinski definition) is 2. The zero-order chi connectivity index (χ0) is 12.4. The molecule has 1 aliphatic rings. The molecule has 0 spiro atoms. The number of nitrogens with one attached hydrogen (secondary N) is 2. The zero-order valence-corrected chi connectivity index (χ0v) is 11.2. The van der Waals surface area contributed by atoms with E-state index in [1.807, 2.05) is 0 Å². The van der Waals surface area contributed by atoms with Crippen molar-refractivity contribution in [1.29, 1.82) is 0 Å². The predicted octanol–water partition coefficient (Wildman–Crippen LogP) is 4.18. The molecule has 1 saturated carbocycles. The SMILES string of the molecule is O=C(NCC1CC1)Nc1cc(Cl)c(Cl)cc1Cl. The first-order chi connectivity index (χ1) is 8.06. The topological polar surface area (TPSA) is 41.1 Å². The van der Waals surface area contributed by atoms with Gasteiger partial charge in [-0.3, -0.25) is 0 Å². The first kappa shape index (κ1) is 12.8. The summed E-state index contributed by atoms with van der Waals surface area (Å²) >= 11 is 17.6. The number of halogens is 3. The van der Waals surface area contributed by atoms with Gasteiger partial charge in [0.15, 0.2) is 0 Å². The van der Waals surface area contributed by atoms with Crippen molar-refractivity contribution in [2.75, 3.05) is 11.9 Å². The minimum atomic E-state index is -0.280. The summed E-state index contributed by atoms with van der Waals surface area (Å²) in [5, 5.41) is 6.48. The molecule has 0 bridgehead atoms. The molecular formula is C11H11Cl3N2O. The van der Waals surface area contributed by atoms with Gasteiger partial charge in [-0.05, 0) is 30.9 Å². The third kappa shape index (κ3) is 3.66. The molecule has 0 aliphatic heterocycles. The van der Waals surface area contributed by atoms with Crippen LogP contribution < -0.4 is 10.6 Å². The number of rotatable bonds is 3. The van der Waals surface area contributed by atoms with E-state index in [9.17, 15) is 4.79 Å². The van der Waals surface area contributed by atoms with Crippen molar-refractivity contribution < 1.29 is 4.79 Å². The molecule has 0 unspecified atom stereocenters. The lowest BCUT2D eigenvalue weighted by Crippen LogP contribution is -2.30. The Bertz CT molecular complexity index is 447. The summed E-state index contributed by atoms with van der Waals surface area (Å²) in [6, 6.07) is 2.75. The molecular weight excluding hydrogens is 282 g/mol. The fourth-order valence-electron chi connectivity index (χ4n) is 1.34. The Morgan fingerprint density at radius 1 is 1.18 bits per heavy atom. The van der Waals surface area contributed by atoms with Crippen molar-refractivity contribution in [1.82, 2.24) is 5.32 Å². The number of hydrogen-bond acceptors (Lipinski definition) is 1. The Labute approximate surface area is 114 Å². The summed E-state index contributed by atoms with van der Waals surface area (Å²) in [7, 11) is 0. The van der Waals surface area contributed by atoms with Gasteiger partial charge >= 0.3 is 6.03 Å². The predicted molar refractivity (Wildman–Crippen MR) is 71.2 cm³/mol. The van der Waals surface area contributed by atoms with Crippen molar-refractivity contribution in [3.05, 3.63) is 27.2 Å². The lowest BCUT2D eigenvalue weighted by atomic mass is 10.3. The minimum absolute atomic E-state index is 0.280. The van der Waals surface area contributed by atoms with Gasteiger partial charge in [0.25, 0.3) is 0 Å². The van der Waals surface area contributed by atoms with Crippen molar-refractivity contribution in [3.8, 4) is 0 Å². The van der Waals surface area contributed by atoms with Crippen molar-refractivity contribution in [3.63, 3.8) is 0 Å². The average Bonchev–Trinajstić information content (AvgIpc) is 3.07. The molecule has 1 aliphatic carbocycles. The van der Waals surface area contributed by atoms with Crippen LogP contribution in [0.1, 0.15) is 12.8 Å². The van der Waals surface area contributed by atoms with Crippen LogP contribution in [0.4, 0.5) is 10.5 Å². The van der Waals surface area contributed by atoms with Crippen molar-refractivity contribution in [2.45, 2.75) is 12.8 Å². The summed E-state index contributed by atoms with van der Waals surface area (Å²) in [4.78, 5) is 11.5. The Morgan fingerprint density at radius 2 is 1.82 bits per heavy atom. The zero-order valence-electron chi connectivity index (χ0n) is 8.90. The number of anilines is 1. The Balaban J connectivity index is 1.96. The van der Waals surface area contributed by atoms with Gasteiger partial charge in [0, 0.05) is 6.54 Å². The molecule has 3 nitrogen and oxygen atoms in total. The Kier molecular flexibility index (Phi) is 4.02. The molecule has 0 heterocycles. The maximum Gasteiger partial charge on any atom is 0.319 e. The lowest BCUT2D eigenvalue weighted by Gasteiger charge is -2.09. The fraction of sp³-hybridized carbons (Fsp3) is 0.364. The monoisotopic (exact) mass is 292 g/mol. The first-order valence-corrected chi connectivity index (χ1v) is 6.39. The quantitative estimate of drug-likeness (QED) is 0.807. The van der Waals surface area contributed by atoms with Gasteiger partial charge in [0.1, 0.15) is 0 Å². The number of carbonyl (C=O) groups is 1. The highest BCUT2D eigenvalue weighted by molar-refractivity contribution is 6.44. The van der Waals surface area contributed by atoms with Gasteiger partial charge < -0.3 is 10.6 Å². The molecule has 1 fully saturated rings. The van der Waals surface area contributed by atoms with E-state index in [1.54, 1.807) is 0 Å². The van der Waals surface area contributed by atoms with Crippen LogP contribution in [0.5, 0.6) is 0 Å². The van der Waals surface area contributed by atoms with E-state index in [1.165, 1.54) is 25.0 Å². The summed E-state index contributed by atoms with van der Waals surface area (Å²) in [6.07, 6.45) is 2.38. The van der Waals surface area contributed by atoms with Gasteiger partial charge in [-0.1, -0.05) is 34.8 Å². The molecule has 0 aromatic heterocycles. The molecule has 1 aromatic carbocycles. The van der Waals surface area contributed by atoms with Crippen LogP contribution in [0, 0.1) is 5.92 Å².